The summed E-state index contributed by atoms with van der Waals surface area (Å²) in [5, 5.41) is 14.9. The summed E-state index contributed by atoms with van der Waals surface area (Å²) < 4.78 is 0. The fraction of sp³-hybridized carbons (Fsp3) is 1.00. The van der Waals surface area contributed by atoms with E-state index in [1.54, 1.807) is 7.05 Å². The first-order valence-electron chi connectivity index (χ1n) is 1.78. The minimum Gasteiger partial charge on any atom is -0.394 e. The van der Waals surface area contributed by atoms with Crippen LogP contribution < -0.4 is 0 Å². The number of aliphatic hydroxyl groups is 1. The molecule has 0 aliphatic heterocycles. The average molecular weight is 88.1 g/mol. The first-order valence-corrected chi connectivity index (χ1v) is 1.78. The van der Waals surface area contributed by atoms with E-state index >= 15 is 0 Å². The van der Waals surface area contributed by atoms with Crippen LogP contribution in [-0.2, 0) is 0 Å². The van der Waals surface area contributed by atoms with Crippen LogP contribution in [0.15, 0.2) is 10.2 Å². The Bertz CT molecular complexity index is 44.1. The van der Waals surface area contributed by atoms with Crippen molar-refractivity contribution >= 4 is 0 Å². The van der Waals surface area contributed by atoms with E-state index in [-0.39, 0.29) is 6.61 Å². The van der Waals surface area contributed by atoms with Crippen molar-refractivity contribution in [1.82, 2.24) is 0 Å². The highest BCUT2D eigenvalue weighted by atomic mass is 16.3. The molecule has 0 saturated heterocycles. The maximum Gasteiger partial charge on any atom is 0.0830 e. The maximum atomic E-state index is 8.04. The molecule has 0 heterocycles. The SMILES string of the molecule is CN=NCCO. The molecule has 3 heteroatoms. The van der Waals surface area contributed by atoms with Gasteiger partial charge in [0, 0.05) is 7.05 Å². The standard InChI is InChI=1S/C3H8N2O/c1-4-5-2-3-6/h6H,2-3H2,1H3. The number of nitrogens with zero attached hydrogens (tertiary/aromatic N) is 2. The first kappa shape index (κ1) is 5.56. The van der Waals surface area contributed by atoms with Crippen LogP contribution in [-0.4, -0.2) is 25.3 Å². The molecule has 0 fully saturated rings. The van der Waals surface area contributed by atoms with Crippen LogP contribution in [0.2, 0.25) is 0 Å². The lowest BCUT2D eigenvalue weighted by Crippen LogP contribution is -1.83. The summed E-state index contributed by atoms with van der Waals surface area (Å²) in [5.74, 6) is 0. The zero-order valence-corrected chi connectivity index (χ0v) is 3.76. The lowest BCUT2D eigenvalue weighted by atomic mass is 10.8. The van der Waals surface area contributed by atoms with E-state index in [0.29, 0.717) is 6.54 Å². The van der Waals surface area contributed by atoms with Crippen molar-refractivity contribution in [2.75, 3.05) is 20.2 Å². The summed E-state index contributed by atoms with van der Waals surface area (Å²) in [7, 11) is 1.58. The third-order valence-corrected chi connectivity index (χ3v) is 0.341. The van der Waals surface area contributed by atoms with Crippen LogP contribution in [0, 0.1) is 0 Å². The van der Waals surface area contributed by atoms with E-state index in [2.05, 4.69) is 10.2 Å². The lowest BCUT2D eigenvalue weighted by Gasteiger charge is -1.76. The fourth-order valence-corrected chi connectivity index (χ4v) is 0.145. The number of aliphatic hydroxyl groups excluding tert-OH is 1. The minimum absolute atomic E-state index is 0.0946. The Morgan fingerprint density at radius 3 is 2.50 bits per heavy atom. The fourth-order valence-electron chi connectivity index (χ4n) is 0.145. The summed E-state index contributed by atoms with van der Waals surface area (Å²) in [6.45, 7) is 0.522. The maximum absolute atomic E-state index is 8.04. The Morgan fingerprint density at radius 1 is 1.67 bits per heavy atom. The molecule has 0 aliphatic rings. The van der Waals surface area contributed by atoms with E-state index < -0.39 is 0 Å². The van der Waals surface area contributed by atoms with Gasteiger partial charge in [-0.1, -0.05) is 0 Å². The smallest absolute Gasteiger partial charge is 0.0830 e. The molecule has 0 spiro atoms. The molecule has 0 atom stereocenters. The molecule has 0 radical (unpaired) electrons. The Morgan fingerprint density at radius 2 is 2.33 bits per heavy atom. The van der Waals surface area contributed by atoms with Gasteiger partial charge in [-0.2, -0.15) is 10.2 Å². The predicted octanol–water partition coefficient (Wildman–Crippen LogP) is 0.0607. The third kappa shape index (κ3) is 3.56. The van der Waals surface area contributed by atoms with Crippen LogP contribution in [0.4, 0.5) is 0 Å². The predicted molar refractivity (Wildman–Crippen MR) is 22.7 cm³/mol. The summed E-state index contributed by atoms with van der Waals surface area (Å²) in [4.78, 5) is 0. The van der Waals surface area contributed by atoms with Crippen LogP contribution in [0.3, 0.4) is 0 Å². The molecule has 0 saturated carbocycles. The average Bonchev–Trinajstić information content (AvgIpc) is 1.61. The second kappa shape index (κ2) is 4.56. The molecule has 0 amide bonds. The highest BCUT2D eigenvalue weighted by Crippen LogP contribution is 1.65. The van der Waals surface area contributed by atoms with Crippen molar-refractivity contribution in [3.8, 4) is 0 Å². The Kier molecular flexibility index (Phi) is 4.23. The summed E-state index contributed by atoms with van der Waals surface area (Å²) in [6.07, 6.45) is 0. The number of rotatable bonds is 2. The van der Waals surface area contributed by atoms with E-state index in [1.807, 2.05) is 0 Å². The van der Waals surface area contributed by atoms with Gasteiger partial charge in [0.05, 0.1) is 13.2 Å². The summed E-state index contributed by atoms with van der Waals surface area (Å²) in [5.41, 5.74) is 0. The molecule has 3 nitrogen and oxygen atoms in total. The third-order valence-electron chi connectivity index (χ3n) is 0.341. The van der Waals surface area contributed by atoms with Crippen molar-refractivity contribution in [3.63, 3.8) is 0 Å². The van der Waals surface area contributed by atoms with Gasteiger partial charge in [-0.25, -0.2) is 0 Å². The van der Waals surface area contributed by atoms with Crippen molar-refractivity contribution in [1.29, 1.82) is 0 Å². The van der Waals surface area contributed by atoms with Gasteiger partial charge < -0.3 is 5.11 Å². The Hall–Kier alpha value is -0.440. The summed E-state index contributed by atoms with van der Waals surface area (Å²) in [6, 6.07) is 0. The first-order chi connectivity index (χ1) is 2.91. The highest BCUT2D eigenvalue weighted by Gasteiger charge is 1.67. The van der Waals surface area contributed by atoms with Gasteiger partial charge >= 0.3 is 0 Å². The van der Waals surface area contributed by atoms with E-state index in [0.717, 1.165) is 0 Å². The van der Waals surface area contributed by atoms with E-state index in [9.17, 15) is 0 Å². The monoisotopic (exact) mass is 88.1 g/mol. The zero-order chi connectivity index (χ0) is 4.83. The molecule has 0 aromatic rings. The second-order valence-electron chi connectivity index (χ2n) is 0.789. The Balaban J connectivity index is 2.66. The Labute approximate surface area is 36.7 Å². The number of hydrogen-bond acceptors (Lipinski definition) is 3. The van der Waals surface area contributed by atoms with E-state index in [1.165, 1.54) is 0 Å². The number of hydrogen-bond donors (Lipinski definition) is 1. The van der Waals surface area contributed by atoms with Gasteiger partial charge in [0.15, 0.2) is 0 Å². The molecular weight excluding hydrogens is 80.0 g/mol. The van der Waals surface area contributed by atoms with E-state index in [4.69, 9.17) is 5.11 Å². The molecule has 0 bridgehead atoms. The van der Waals surface area contributed by atoms with Crippen LogP contribution in [0.25, 0.3) is 0 Å². The van der Waals surface area contributed by atoms with Crippen molar-refractivity contribution in [2.24, 2.45) is 10.2 Å². The molecule has 0 unspecified atom stereocenters. The van der Waals surface area contributed by atoms with Crippen molar-refractivity contribution in [2.45, 2.75) is 0 Å². The molecule has 0 aliphatic carbocycles. The molecule has 36 valence electrons. The molecular formula is C3H8N2O. The highest BCUT2D eigenvalue weighted by molar-refractivity contribution is 4.27. The van der Waals surface area contributed by atoms with Crippen LogP contribution in [0.5, 0.6) is 0 Å². The molecule has 0 rings (SSSR count). The largest absolute Gasteiger partial charge is 0.394 e. The van der Waals surface area contributed by atoms with Gasteiger partial charge in [-0.15, -0.1) is 0 Å². The van der Waals surface area contributed by atoms with Crippen molar-refractivity contribution in [3.05, 3.63) is 0 Å². The van der Waals surface area contributed by atoms with Crippen LogP contribution >= 0.6 is 0 Å². The molecule has 0 aromatic carbocycles. The number of azo groups is 1. The van der Waals surface area contributed by atoms with Gasteiger partial charge in [0.1, 0.15) is 0 Å². The second-order valence-corrected chi connectivity index (χ2v) is 0.789. The quantitative estimate of drug-likeness (QED) is 0.476. The molecule has 1 N–H and O–H groups in total. The molecule has 6 heavy (non-hydrogen) atoms. The van der Waals surface area contributed by atoms with Gasteiger partial charge in [-0.05, 0) is 0 Å². The van der Waals surface area contributed by atoms with Crippen LogP contribution in [0.1, 0.15) is 0 Å². The van der Waals surface area contributed by atoms with Gasteiger partial charge in [0.25, 0.3) is 0 Å². The lowest BCUT2D eigenvalue weighted by molar-refractivity contribution is 0.304. The van der Waals surface area contributed by atoms with Gasteiger partial charge in [-0.3, -0.25) is 0 Å². The normalized spacial score (nSPS) is 10.3. The zero-order valence-electron chi connectivity index (χ0n) is 3.76. The topological polar surface area (TPSA) is 45.0 Å². The van der Waals surface area contributed by atoms with Crippen molar-refractivity contribution < 1.29 is 5.11 Å². The minimum atomic E-state index is 0.0946. The summed E-state index contributed by atoms with van der Waals surface area (Å²) >= 11 is 0. The van der Waals surface area contributed by atoms with Gasteiger partial charge in [0.2, 0.25) is 0 Å². The molecule has 0 aromatic heterocycles.